The number of nitrogens with two attached hydrogens (primary N) is 2. The summed E-state index contributed by atoms with van der Waals surface area (Å²) in [5.41, 5.74) is 13.5. The number of rotatable bonds is 7. The number of benzene rings is 1. The Morgan fingerprint density at radius 2 is 2.12 bits per heavy atom. The largest absolute Gasteiger partial charge is 0.488 e. The number of aromatic nitrogens is 1. The fourth-order valence-corrected chi connectivity index (χ4v) is 2.34. The summed E-state index contributed by atoms with van der Waals surface area (Å²) in [6.45, 7) is 4.26. The molecule has 0 saturated carbocycles. The molecule has 2 aromatic rings. The summed E-state index contributed by atoms with van der Waals surface area (Å²) in [6, 6.07) is 8.12. The van der Waals surface area contributed by atoms with E-state index in [4.69, 9.17) is 21.6 Å². The number of nitrogens with one attached hydrogen (secondary N) is 1. The number of halogens is 1. The Morgan fingerprint density at radius 3 is 2.79 bits per heavy atom. The fourth-order valence-electron chi connectivity index (χ4n) is 2.34. The Labute approximate surface area is 141 Å². The van der Waals surface area contributed by atoms with E-state index in [2.05, 4.69) is 4.98 Å². The maximum Gasteiger partial charge on any atom is 0.167 e. The molecule has 0 aliphatic carbocycles. The molecule has 0 aliphatic rings. The van der Waals surface area contributed by atoms with Crippen LogP contribution in [-0.4, -0.2) is 23.3 Å². The number of ether oxygens (including phenoxy) is 1. The van der Waals surface area contributed by atoms with Crippen LogP contribution in [-0.2, 0) is 6.42 Å². The molecule has 5 nitrogen and oxygen atoms in total. The molecule has 1 aromatic carbocycles. The van der Waals surface area contributed by atoms with Crippen LogP contribution in [0.4, 0.5) is 10.1 Å². The number of anilines is 1. The van der Waals surface area contributed by atoms with Gasteiger partial charge in [0.1, 0.15) is 0 Å². The van der Waals surface area contributed by atoms with E-state index in [0.717, 1.165) is 12.1 Å². The smallest absolute Gasteiger partial charge is 0.167 e. The minimum absolute atomic E-state index is 0.0662. The van der Waals surface area contributed by atoms with Gasteiger partial charge in [0.25, 0.3) is 0 Å². The molecule has 1 heterocycles. The maximum absolute atomic E-state index is 14.1. The molecule has 128 valence electrons. The second-order valence-electron chi connectivity index (χ2n) is 5.62. The topological polar surface area (TPSA) is 98.0 Å². The Kier molecular flexibility index (Phi) is 5.87. The second-order valence-corrected chi connectivity index (χ2v) is 5.62. The fraction of sp³-hybridized carbons (Fsp3) is 0.333. The van der Waals surface area contributed by atoms with Gasteiger partial charge in [0.15, 0.2) is 11.6 Å². The Bertz CT molecular complexity index is 733. The van der Waals surface area contributed by atoms with Crippen LogP contribution >= 0.6 is 0 Å². The summed E-state index contributed by atoms with van der Waals surface area (Å²) < 4.78 is 19.7. The normalized spacial score (nSPS) is 12.0. The van der Waals surface area contributed by atoms with Crippen molar-refractivity contribution in [1.29, 1.82) is 5.41 Å². The molecule has 1 atom stereocenters. The number of nitrogens with zero attached hydrogens (tertiary/aromatic N) is 1. The zero-order valence-electron chi connectivity index (χ0n) is 14.0. The lowest BCUT2D eigenvalue weighted by Crippen LogP contribution is -2.18. The van der Waals surface area contributed by atoms with E-state index in [1.165, 1.54) is 12.1 Å². The van der Waals surface area contributed by atoms with Crippen molar-refractivity contribution in [3.05, 3.63) is 53.1 Å². The molecule has 0 spiro atoms. The molecular weight excluding hydrogens is 307 g/mol. The van der Waals surface area contributed by atoms with Crippen LogP contribution in [0.3, 0.4) is 0 Å². The molecule has 1 unspecified atom stereocenters. The van der Waals surface area contributed by atoms with Gasteiger partial charge < -0.3 is 16.2 Å². The maximum atomic E-state index is 14.1. The van der Waals surface area contributed by atoms with E-state index in [0.29, 0.717) is 24.2 Å². The third-order valence-electron chi connectivity index (χ3n) is 3.70. The van der Waals surface area contributed by atoms with Crippen molar-refractivity contribution in [2.75, 3.05) is 12.3 Å². The van der Waals surface area contributed by atoms with Gasteiger partial charge in [-0.3, -0.25) is 10.4 Å². The minimum atomic E-state index is -0.553. The Balaban J connectivity index is 2.36. The Hall–Kier alpha value is -2.47. The molecule has 0 saturated heterocycles. The van der Waals surface area contributed by atoms with Crippen molar-refractivity contribution >= 4 is 11.4 Å². The second kappa shape index (κ2) is 7.88. The summed E-state index contributed by atoms with van der Waals surface area (Å²) in [4.78, 5) is 4.42. The van der Waals surface area contributed by atoms with E-state index < -0.39 is 5.82 Å². The molecule has 1 aromatic heterocycles. The van der Waals surface area contributed by atoms with Gasteiger partial charge in [-0.15, -0.1) is 0 Å². The average Bonchev–Trinajstić information content (AvgIpc) is 2.57. The van der Waals surface area contributed by atoms with E-state index in [1.807, 2.05) is 26.0 Å². The van der Waals surface area contributed by atoms with Gasteiger partial charge in [0, 0.05) is 23.0 Å². The lowest BCUT2D eigenvalue weighted by molar-refractivity contribution is 0.204. The Morgan fingerprint density at radius 1 is 1.38 bits per heavy atom. The first-order valence-electron chi connectivity index (χ1n) is 7.97. The summed E-state index contributed by atoms with van der Waals surface area (Å²) in [6.07, 6.45) is 1.15. The van der Waals surface area contributed by atoms with Crippen molar-refractivity contribution in [1.82, 2.24) is 4.98 Å². The van der Waals surface area contributed by atoms with Crippen molar-refractivity contribution in [3.8, 4) is 5.75 Å². The molecule has 2 rings (SSSR count). The van der Waals surface area contributed by atoms with Crippen LogP contribution in [0.5, 0.6) is 5.75 Å². The summed E-state index contributed by atoms with van der Waals surface area (Å²) >= 11 is 0. The highest BCUT2D eigenvalue weighted by atomic mass is 19.1. The van der Waals surface area contributed by atoms with Gasteiger partial charge >= 0.3 is 0 Å². The van der Waals surface area contributed by atoms with Gasteiger partial charge in [0.2, 0.25) is 0 Å². The predicted octanol–water partition coefficient (Wildman–Crippen LogP) is 2.90. The summed E-state index contributed by atoms with van der Waals surface area (Å²) in [5, 5.41) is 8.37. The molecule has 0 aliphatic heterocycles. The van der Waals surface area contributed by atoms with Gasteiger partial charge in [-0.25, -0.2) is 4.39 Å². The average molecular weight is 330 g/mol. The van der Waals surface area contributed by atoms with Crippen molar-refractivity contribution < 1.29 is 9.13 Å². The van der Waals surface area contributed by atoms with Crippen LogP contribution in [0.25, 0.3) is 0 Å². The lowest BCUT2D eigenvalue weighted by atomic mass is 10.0. The molecule has 6 heteroatoms. The first-order valence-corrected chi connectivity index (χ1v) is 7.97. The van der Waals surface area contributed by atoms with Crippen molar-refractivity contribution in [2.45, 2.75) is 32.8 Å². The summed E-state index contributed by atoms with van der Waals surface area (Å²) in [7, 11) is 0. The van der Waals surface area contributed by atoms with E-state index in [1.54, 1.807) is 6.07 Å². The van der Waals surface area contributed by atoms with E-state index in [-0.39, 0.29) is 23.3 Å². The first kappa shape index (κ1) is 17.9. The molecule has 0 amide bonds. The lowest BCUT2D eigenvalue weighted by Gasteiger charge is -2.16. The zero-order valence-corrected chi connectivity index (χ0v) is 14.0. The molecule has 24 heavy (non-hydrogen) atoms. The standard InChI is InChI=1S/C18H23FN4O/c1-3-12-5-4-6-16(23-12)18(22)13-9-17(14(19)10-15(13)21)24-11(2)7-8-20/h4-6,9-11,22H,3,7-8,20-21H2,1-2H3. The highest BCUT2D eigenvalue weighted by Crippen LogP contribution is 2.27. The molecular formula is C18H23FN4O. The van der Waals surface area contributed by atoms with Crippen molar-refractivity contribution in [2.24, 2.45) is 5.73 Å². The van der Waals surface area contributed by atoms with Crippen LogP contribution < -0.4 is 16.2 Å². The molecule has 0 fully saturated rings. The molecule has 0 radical (unpaired) electrons. The molecule has 0 bridgehead atoms. The number of nitrogen functional groups attached to an aromatic ring is 1. The van der Waals surface area contributed by atoms with E-state index >= 15 is 0 Å². The van der Waals surface area contributed by atoms with Crippen LogP contribution in [0.1, 0.15) is 37.2 Å². The van der Waals surface area contributed by atoms with Crippen LogP contribution in [0.15, 0.2) is 30.3 Å². The number of hydrogen-bond acceptors (Lipinski definition) is 5. The molecule has 5 N–H and O–H groups in total. The van der Waals surface area contributed by atoms with Gasteiger partial charge in [0.05, 0.1) is 17.5 Å². The van der Waals surface area contributed by atoms with Crippen LogP contribution in [0, 0.1) is 11.2 Å². The number of hydrogen-bond donors (Lipinski definition) is 3. The quantitative estimate of drug-likeness (QED) is 0.537. The minimum Gasteiger partial charge on any atom is -0.488 e. The van der Waals surface area contributed by atoms with Gasteiger partial charge in [-0.05, 0) is 44.5 Å². The SMILES string of the molecule is CCc1cccc(C(=N)c2cc(OC(C)CCN)c(F)cc2N)n1. The third-order valence-corrected chi connectivity index (χ3v) is 3.70. The van der Waals surface area contributed by atoms with E-state index in [9.17, 15) is 4.39 Å². The number of pyridine rings is 1. The highest BCUT2D eigenvalue weighted by Gasteiger charge is 2.16. The highest BCUT2D eigenvalue weighted by molar-refractivity contribution is 6.12. The number of aryl methyl sites for hydroxylation is 1. The van der Waals surface area contributed by atoms with Gasteiger partial charge in [-0.2, -0.15) is 0 Å². The zero-order chi connectivity index (χ0) is 17.7. The third kappa shape index (κ3) is 4.08. The van der Waals surface area contributed by atoms with Crippen molar-refractivity contribution in [3.63, 3.8) is 0 Å². The van der Waals surface area contributed by atoms with Gasteiger partial charge in [-0.1, -0.05) is 13.0 Å². The first-order chi connectivity index (χ1) is 11.5. The van der Waals surface area contributed by atoms with Crippen LogP contribution in [0.2, 0.25) is 0 Å². The summed E-state index contributed by atoms with van der Waals surface area (Å²) in [5.74, 6) is -0.486. The predicted molar refractivity (Wildman–Crippen MR) is 94.1 cm³/mol. The monoisotopic (exact) mass is 330 g/mol.